The van der Waals surface area contributed by atoms with E-state index in [1.165, 1.54) is 18.2 Å². The SMILES string of the molecule is O=C(O)c1ccc(F)c(CNCc2cncc3ccccc23)c1. The van der Waals surface area contributed by atoms with Crippen LogP contribution in [0.5, 0.6) is 0 Å². The molecule has 0 saturated heterocycles. The molecule has 116 valence electrons. The minimum Gasteiger partial charge on any atom is -0.478 e. The lowest BCUT2D eigenvalue weighted by Gasteiger charge is -2.09. The third-order valence-corrected chi connectivity index (χ3v) is 3.67. The number of hydrogen-bond acceptors (Lipinski definition) is 3. The number of rotatable bonds is 5. The van der Waals surface area contributed by atoms with Crippen LogP contribution in [0.1, 0.15) is 21.5 Å². The van der Waals surface area contributed by atoms with Gasteiger partial charge in [0.25, 0.3) is 0 Å². The van der Waals surface area contributed by atoms with Gasteiger partial charge in [-0.3, -0.25) is 4.98 Å². The fourth-order valence-electron chi connectivity index (χ4n) is 2.50. The molecule has 0 aliphatic heterocycles. The molecule has 3 rings (SSSR count). The molecule has 2 aromatic carbocycles. The van der Waals surface area contributed by atoms with Gasteiger partial charge >= 0.3 is 5.97 Å². The molecular weight excluding hydrogens is 295 g/mol. The van der Waals surface area contributed by atoms with E-state index in [0.29, 0.717) is 12.1 Å². The molecule has 0 atom stereocenters. The summed E-state index contributed by atoms with van der Waals surface area (Å²) in [5.74, 6) is -1.48. The lowest BCUT2D eigenvalue weighted by atomic mass is 10.1. The van der Waals surface area contributed by atoms with E-state index in [9.17, 15) is 9.18 Å². The molecule has 0 bridgehead atoms. The predicted molar refractivity (Wildman–Crippen MR) is 85.6 cm³/mol. The fourth-order valence-corrected chi connectivity index (χ4v) is 2.50. The Bertz CT molecular complexity index is 859. The van der Waals surface area contributed by atoms with Gasteiger partial charge in [0, 0.05) is 36.4 Å². The van der Waals surface area contributed by atoms with Crippen molar-refractivity contribution in [2.75, 3.05) is 0 Å². The molecule has 0 saturated carbocycles. The van der Waals surface area contributed by atoms with Gasteiger partial charge in [-0.05, 0) is 29.1 Å². The zero-order valence-corrected chi connectivity index (χ0v) is 12.3. The van der Waals surface area contributed by atoms with Gasteiger partial charge in [-0.2, -0.15) is 0 Å². The number of pyridine rings is 1. The van der Waals surface area contributed by atoms with Crippen LogP contribution in [-0.4, -0.2) is 16.1 Å². The van der Waals surface area contributed by atoms with E-state index in [1.54, 1.807) is 12.4 Å². The number of carbonyl (C=O) groups is 1. The number of carboxylic acids is 1. The molecule has 1 aromatic heterocycles. The number of benzene rings is 2. The van der Waals surface area contributed by atoms with Crippen LogP contribution >= 0.6 is 0 Å². The molecule has 0 spiro atoms. The Kier molecular flexibility index (Phi) is 4.30. The first kappa shape index (κ1) is 15.1. The van der Waals surface area contributed by atoms with Crippen LogP contribution in [0.4, 0.5) is 4.39 Å². The number of halogens is 1. The van der Waals surface area contributed by atoms with E-state index in [1.807, 2.05) is 24.3 Å². The summed E-state index contributed by atoms with van der Waals surface area (Å²) in [6.07, 6.45) is 3.58. The topological polar surface area (TPSA) is 62.2 Å². The van der Waals surface area contributed by atoms with E-state index < -0.39 is 11.8 Å². The van der Waals surface area contributed by atoms with Crippen molar-refractivity contribution in [3.63, 3.8) is 0 Å². The Morgan fingerprint density at radius 2 is 1.87 bits per heavy atom. The van der Waals surface area contributed by atoms with Crippen molar-refractivity contribution in [3.8, 4) is 0 Å². The Balaban J connectivity index is 1.74. The third-order valence-electron chi connectivity index (χ3n) is 3.67. The van der Waals surface area contributed by atoms with Gasteiger partial charge in [-0.1, -0.05) is 24.3 Å². The maximum Gasteiger partial charge on any atom is 0.335 e. The van der Waals surface area contributed by atoms with Crippen molar-refractivity contribution in [3.05, 3.63) is 77.4 Å². The minimum atomic E-state index is -1.07. The van der Waals surface area contributed by atoms with E-state index in [0.717, 1.165) is 16.3 Å². The molecule has 23 heavy (non-hydrogen) atoms. The minimum absolute atomic E-state index is 0.0787. The van der Waals surface area contributed by atoms with Gasteiger partial charge in [0.2, 0.25) is 0 Å². The molecule has 0 radical (unpaired) electrons. The summed E-state index contributed by atoms with van der Waals surface area (Å²) in [5, 5.41) is 14.3. The quantitative estimate of drug-likeness (QED) is 0.758. The Hall–Kier alpha value is -2.79. The van der Waals surface area contributed by atoms with Crippen LogP contribution in [0.25, 0.3) is 10.8 Å². The van der Waals surface area contributed by atoms with Crippen molar-refractivity contribution in [1.82, 2.24) is 10.3 Å². The first-order valence-corrected chi connectivity index (χ1v) is 7.19. The van der Waals surface area contributed by atoms with Crippen molar-refractivity contribution >= 4 is 16.7 Å². The van der Waals surface area contributed by atoms with Crippen LogP contribution in [-0.2, 0) is 13.1 Å². The third kappa shape index (κ3) is 3.35. The molecule has 4 nitrogen and oxygen atoms in total. The second kappa shape index (κ2) is 6.54. The summed E-state index contributed by atoms with van der Waals surface area (Å²) in [5.41, 5.74) is 1.42. The van der Waals surface area contributed by atoms with Gasteiger partial charge in [0.1, 0.15) is 5.82 Å². The van der Waals surface area contributed by atoms with Gasteiger partial charge in [0.15, 0.2) is 0 Å². The maximum absolute atomic E-state index is 13.8. The maximum atomic E-state index is 13.8. The zero-order chi connectivity index (χ0) is 16.2. The number of aromatic carboxylic acids is 1. The summed E-state index contributed by atoms with van der Waals surface area (Å²) in [4.78, 5) is 15.2. The molecule has 0 unspecified atom stereocenters. The summed E-state index contributed by atoms with van der Waals surface area (Å²) < 4.78 is 13.8. The van der Waals surface area contributed by atoms with Gasteiger partial charge < -0.3 is 10.4 Å². The van der Waals surface area contributed by atoms with E-state index >= 15 is 0 Å². The number of hydrogen-bond donors (Lipinski definition) is 2. The highest BCUT2D eigenvalue weighted by Gasteiger charge is 2.08. The first-order chi connectivity index (χ1) is 11.1. The van der Waals surface area contributed by atoms with Crippen LogP contribution in [0.3, 0.4) is 0 Å². The number of nitrogens with zero attached hydrogens (tertiary/aromatic N) is 1. The van der Waals surface area contributed by atoms with Crippen molar-refractivity contribution < 1.29 is 14.3 Å². The Morgan fingerprint density at radius 3 is 2.70 bits per heavy atom. The van der Waals surface area contributed by atoms with Crippen molar-refractivity contribution in [2.45, 2.75) is 13.1 Å². The monoisotopic (exact) mass is 310 g/mol. The summed E-state index contributed by atoms with van der Waals surface area (Å²) in [6.45, 7) is 0.765. The molecule has 0 aliphatic carbocycles. The van der Waals surface area contributed by atoms with Crippen molar-refractivity contribution in [2.24, 2.45) is 0 Å². The molecule has 0 aliphatic rings. The van der Waals surface area contributed by atoms with Crippen LogP contribution in [0.2, 0.25) is 0 Å². The van der Waals surface area contributed by atoms with Crippen LogP contribution in [0.15, 0.2) is 54.9 Å². The number of aromatic nitrogens is 1. The predicted octanol–water partition coefficient (Wildman–Crippen LogP) is 3.36. The van der Waals surface area contributed by atoms with E-state index in [-0.39, 0.29) is 12.1 Å². The molecular formula is C18H15FN2O2. The molecule has 1 heterocycles. The molecule has 5 heteroatoms. The smallest absolute Gasteiger partial charge is 0.335 e. The summed E-state index contributed by atoms with van der Waals surface area (Å²) in [7, 11) is 0. The average Bonchev–Trinajstić information content (AvgIpc) is 2.56. The van der Waals surface area contributed by atoms with Crippen LogP contribution < -0.4 is 5.32 Å². The number of nitrogens with one attached hydrogen (secondary N) is 1. The Morgan fingerprint density at radius 1 is 1.09 bits per heavy atom. The highest BCUT2D eigenvalue weighted by Crippen LogP contribution is 2.17. The molecule has 3 aromatic rings. The first-order valence-electron chi connectivity index (χ1n) is 7.19. The fraction of sp³-hybridized carbons (Fsp3) is 0.111. The summed E-state index contributed by atoms with van der Waals surface area (Å²) >= 11 is 0. The van der Waals surface area contributed by atoms with Gasteiger partial charge in [0.05, 0.1) is 5.56 Å². The number of carboxylic acid groups (broad SMARTS) is 1. The largest absolute Gasteiger partial charge is 0.478 e. The van der Waals surface area contributed by atoms with E-state index in [4.69, 9.17) is 5.11 Å². The molecule has 0 fully saturated rings. The lowest BCUT2D eigenvalue weighted by molar-refractivity contribution is 0.0696. The molecule has 2 N–H and O–H groups in total. The highest BCUT2D eigenvalue weighted by molar-refractivity contribution is 5.87. The van der Waals surface area contributed by atoms with Gasteiger partial charge in [-0.25, -0.2) is 9.18 Å². The highest BCUT2D eigenvalue weighted by atomic mass is 19.1. The standard InChI is InChI=1S/C18H15FN2O2/c19-17-6-5-12(18(22)23)7-14(17)9-21-11-15-10-20-8-13-3-1-2-4-16(13)15/h1-8,10,21H,9,11H2,(H,22,23). The van der Waals surface area contributed by atoms with Crippen LogP contribution in [0, 0.1) is 5.82 Å². The van der Waals surface area contributed by atoms with E-state index in [2.05, 4.69) is 10.3 Å². The zero-order valence-electron chi connectivity index (χ0n) is 12.3. The summed E-state index contributed by atoms with van der Waals surface area (Å²) in [6, 6.07) is 11.7. The number of fused-ring (bicyclic) bond motifs is 1. The average molecular weight is 310 g/mol. The molecule has 0 amide bonds. The Labute approximate surface area is 132 Å². The van der Waals surface area contributed by atoms with Crippen molar-refractivity contribution in [1.29, 1.82) is 0 Å². The second-order valence-electron chi connectivity index (χ2n) is 5.23. The second-order valence-corrected chi connectivity index (χ2v) is 5.23. The lowest BCUT2D eigenvalue weighted by Crippen LogP contribution is -2.15. The van der Waals surface area contributed by atoms with Gasteiger partial charge in [-0.15, -0.1) is 0 Å². The normalized spacial score (nSPS) is 10.8.